The van der Waals surface area contributed by atoms with Gasteiger partial charge in [-0.25, -0.2) is 0 Å². The number of hydrogen-bond acceptors (Lipinski definition) is 8. The van der Waals surface area contributed by atoms with Crippen molar-refractivity contribution >= 4 is 0 Å². The van der Waals surface area contributed by atoms with E-state index >= 15 is 0 Å². The Morgan fingerprint density at radius 1 is 1.10 bits per heavy atom. The third kappa shape index (κ3) is 4.29. The van der Waals surface area contributed by atoms with Gasteiger partial charge in [0.25, 0.3) is 0 Å². The van der Waals surface area contributed by atoms with Gasteiger partial charge in [-0.2, -0.15) is 5.26 Å². The molecule has 0 radical (unpaired) electrons. The van der Waals surface area contributed by atoms with E-state index in [9.17, 15) is 30.8 Å². The van der Waals surface area contributed by atoms with Crippen molar-refractivity contribution in [2.24, 2.45) is 0 Å². The summed E-state index contributed by atoms with van der Waals surface area (Å²) in [7, 11) is 1.33. The van der Waals surface area contributed by atoms with E-state index in [1.807, 2.05) is 24.3 Å². The fourth-order valence-electron chi connectivity index (χ4n) is 3.81. The fraction of sp³-hybridized carbons (Fsp3) is 0.435. The number of nitrogens with zero attached hydrogens (tertiary/aromatic N) is 1. The van der Waals surface area contributed by atoms with E-state index in [0.29, 0.717) is 17.5 Å². The van der Waals surface area contributed by atoms with Crippen molar-refractivity contribution in [3.63, 3.8) is 0 Å². The fourth-order valence-corrected chi connectivity index (χ4v) is 3.81. The number of ether oxygens (including phenoxy) is 2. The predicted molar refractivity (Wildman–Crippen MR) is 110 cm³/mol. The molecular weight excluding hydrogens is 402 g/mol. The summed E-state index contributed by atoms with van der Waals surface area (Å²) in [6.07, 6.45) is -5.37. The third-order valence-corrected chi connectivity index (χ3v) is 5.72. The molecule has 166 valence electrons. The lowest BCUT2D eigenvalue weighted by Gasteiger charge is -2.45. The van der Waals surface area contributed by atoms with Gasteiger partial charge in [0.05, 0.1) is 30.9 Å². The molecule has 0 bridgehead atoms. The average molecular weight is 429 g/mol. The Labute approximate surface area is 180 Å². The van der Waals surface area contributed by atoms with Crippen LogP contribution in [0, 0.1) is 11.3 Å². The highest BCUT2D eigenvalue weighted by Crippen LogP contribution is 2.41. The van der Waals surface area contributed by atoms with Crippen molar-refractivity contribution in [3.05, 3.63) is 64.2 Å². The molecule has 0 aliphatic carbocycles. The number of aliphatic hydroxyl groups is 5. The van der Waals surface area contributed by atoms with Crippen LogP contribution in [-0.4, -0.2) is 63.7 Å². The van der Waals surface area contributed by atoms with Crippen molar-refractivity contribution < 1.29 is 35.0 Å². The Hall–Kier alpha value is -2.51. The van der Waals surface area contributed by atoms with E-state index in [1.165, 1.54) is 24.8 Å². The van der Waals surface area contributed by atoms with Crippen LogP contribution in [0.2, 0.25) is 0 Å². The van der Waals surface area contributed by atoms with Gasteiger partial charge in [-0.1, -0.05) is 31.2 Å². The van der Waals surface area contributed by atoms with Gasteiger partial charge in [0.15, 0.2) is 0 Å². The normalized spacial score (nSPS) is 28.2. The van der Waals surface area contributed by atoms with Crippen LogP contribution < -0.4 is 4.74 Å². The molecule has 1 saturated heterocycles. The van der Waals surface area contributed by atoms with Crippen molar-refractivity contribution in [1.29, 1.82) is 5.26 Å². The molecule has 1 heterocycles. The number of aliphatic hydroxyl groups excluding tert-OH is 4. The molecule has 1 fully saturated rings. The molecule has 5 atom stereocenters. The number of rotatable bonds is 6. The smallest absolute Gasteiger partial charge is 0.226 e. The van der Waals surface area contributed by atoms with Crippen LogP contribution in [0.3, 0.4) is 0 Å². The highest BCUT2D eigenvalue weighted by atomic mass is 16.7. The van der Waals surface area contributed by atoms with E-state index in [4.69, 9.17) is 9.47 Å². The molecule has 31 heavy (non-hydrogen) atoms. The van der Waals surface area contributed by atoms with E-state index in [0.717, 1.165) is 12.0 Å². The number of benzene rings is 2. The Balaban J connectivity index is 2.08. The first-order valence-corrected chi connectivity index (χ1v) is 10.0. The van der Waals surface area contributed by atoms with Gasteiger partial charge in [0, 0.05) is 0 Å². The summed E-state index contributed by atoms with van der Waals surface area (Å²) in [5, 5.41) is 61.1. The van der Waals surface area contributed by atoms with E-state index < -0.39 is 36.8 Å². The quantitative estimate of drug-likeness (QED) is 0.442. The molecular formula is C23H27NO7. The Morgan fingerprint density at radius 3 is 2.29 bits per heavy atom. The van der Waals surface area contributed by atoms with Gasteiger partial charge in [-0.3, -0.25) is 0 Å². The summed E-state index contributed by atoms with van der Waals surface area (Å²) in [6, 6.07) is 12.9. The summed E-state index contributed by atoms with van der Waals surface area (Å²) in [4.78, 5) is 0. The summed E-state index contributed by atoms with van der Waals surface area (Å²) in [5.74, 6) is -2.42. The molecule has 8 heteroatoms. The number of hydrogen-bond donors (Lipinski definition) is 5. The van der Waals surface area contributed by atoms with E-state index in [1.54, 1.807) is 0 Å². The molecule has 0 aromatic heterocycles. The molecule has 8 nitrogen and oxygen atoms in total. The van der Waals surface area contributed by atoms with Gasteiger partial charge in [0.2, 0.25) is 5.79 Å². The maximum Gasteiger partial charge on any atom is 0.226 e. The molecule has 0 amide bonds. The van der Waals surface area contributed by atoms with Gasteiger partial charge in [-0.15, -0.1) is 0 Å². The molecule has 0 unspecified atom stereocenters. The minimum atomic E-state index is -2.48. The van der Waals surface area contributed by atoms with Crippen LogP contribution in [0.5, 0.6) is 5.75 Å². The summed E-state index contributed by atoms with van der Waals surface area (Å²) < 4.78 is 10.8. The Morgan fingerprint density at radius 2 is 1.74 bits per heavy atom. The maximum atomic E-state index is 11.2. The molecule has 2 aromatic rings. The molecule has 1 aliphatic heterocycles. The van der Waals surface area contributed by atoms with Crippen LogP contribution in [-0.2, 0) is 23.4 Å². The molecule has 2 aromatic carbocycles. The summed E-state index contributed by atoms with van der Waals surface area (Å²) in [6.45, 7) is 1.36. The summed E-state index contributed by atoms with van der Waals surface area (Å²) >= 11 is 0. The van der Waals surface area contributed by atoms with Crippen molar-refractivity contribution in [2.75, 3.05) is 13.7 Å². The zero-order chi connectivity index (χ0) is 22.8. The molecule has 0 spiro atoms. The van der Waals surface area contributed by atoms with Crippen molar-refractivity contribution in [2.45, 2.75) is 50.0 Å². The largest absolute Gasteiger partial charge is 0.496 e. The van der Waals surface area contributed by atoms with Crippen LogP contribution >= 0.6 is 0 Å². The van der Waals surface area contributed by atoms with Crippen LogP contribution in [0.15, 0.2) is 36.4 Å². The molecule has 5 N–H and O–H groups in total. The zero-order valence-corrected chi connectivity index (χ0v) is 17.4. The van der Waals surface area contributed by atoms with Gasteiger partial charge >= 0.3 is 0 Å². The maximum absolute atomic E-state index is 11.2. The van der Waals surface area contributed by atoms with Gasteiger partial charge in [-0.05, 0) is 41.7 Å². The molecule has 1 aliphatic rings. The van der Waals surface area contributed by atoms with Crippen molar-refractivity contribution in [3.8, 4) is 11.8 Å². The van der Waals surface area contributed by atoms with Crippen LogP contribution in [0.25, 0.3) is 0 Å². The second-order valence-electron chi connectivity index (χ2n) is 7.63. The van der Waals surface area contributed by atoms with Crippen LogP contribution in [0.1, 0.15) is 34.7 Å². The van der Waals surface area contributed by atoms with Crippen LogP contribution in [0.4, 0.5) is 0 Å². The Kier molecular flexibility index (Phi) is 6.96. The second kappa shape index (κ2) is 9.32. The number of methoxy groups -OCH3 is 1. The van der Waals surface area contributed by atoms with Gasteiger partial charge in [0.1, 0.15) is 30.2 Å². The van der Waals surface area contributed by atoms with Gasteiger partial charge < -0.3 is 35.0 Å². The number of nitriles is 1. The predicted octanol–water partition coefficient (Wildman–Crippen LogP) is 0.339. The lowest BCUT2D eigenvalue weighted by Crippen LogP contribution is -2.63. The third-order valence-electron chi connectivity index (χ3n) is 5.72. The monoisotopic (exact) mass is 429 g/mol. The lowest BCUT2D eigenvalue weighted by molar-refractivity contribution is -0.358. The number of aryl methyl sites for hydroxylation is 1. The lowest BCUT2D eigenvalue weighted by atomic mass is 9.85. The highest BCUT2D eigenvalue weighted by Gasteiger charge is 2.54. The molecule has 3 rings (SSSR count). The first-order valence-electron chi connectivity index (χ1n) is 10.0. The minimum absolute atomic E-state index is 0.0221. The second-order valence-corrected chi connectivity index (χ2v) is 7.63. The van der Waals surface area contributed by atoms with E-state index in [-0.39, 0.29) is 11.3 Å². The standard InChI is InChI=1S/C23H27NO7/c1-3-13-4-6-14(7-5-13)8-15-9-17(18(30-2)10-16(15)11-24)23(29)22(28)21(27)20(26)19(12-25)31-23/h4-7,9-10,19-22,25-29H,3,8,12H2,1-2H3/t19-,20-,21+,22-,23+/m1/s1. The van der Waals surface area contributed by atoms with E-state index in [2.05, 4.69) is 13.0 Å². The first-order chi connectivity index (χ1) is 14.8. The molecule has 0 saturated carbocycles. The zero-order valence-electron chi connectivity index (χ0n) is 17.4. The summed E-state index contributed by atoms with van der Waals surface area (Å²) in [5.41, 5.74) is 2.95. The van der Waals surface area contributed by atoms with Crippen molar-refractivity contribution in [1.82, 2.24) is 0 Å². The SMILES string of the molecule is CCc1ccc(Cc2cc([C@]3(O)O[C@H](CO)[C@@H](O)[C@H](O)[C@H]3O)c(OC)cc2C#N)cc1. The average Bonchev–Trinajstić information content (AvgIpc) is 2.80. The topological polar surface area (TPSA) is 143 Å². The minimum Gasteiger partial charge on any atom is -0.496 e. The first kappa shape index (κ1) is 23.2. The highest BCUT2D eigenvalue weighted by molar-refractivity contribution is 5.51. The Bertz CT molecular complexity index is 954.